The minimum absolute atomic E-state index is 0.0978. The molecule has 0 radical (unpaired) electrons. The van der Waals surface area contributed by atoms with Crippen molar-refractivity contribution in [3.05, 3.63) is 94.5 Å². The highest BCUT2D eigenvalue weighted by molar-refractivity contribution is 6.34. The fourth-order valence-electron chi connectivity index (χ4n) is 2.81. The molecule has 3 aromatic carbocycles. The highest BCUT2D eigenvalue weighted by Crippen LogP contribution is 2.22. The van der Waals surface area contributed by atoms with E-state index < -0.39 is 5.91 Å². The second kappa shape index (κ2) is 10.8. The third-order valence-electron chi connectivity index (χ3n) is 4.45. The average Bonchev–Trinajstić information content (AvgIpc) is 2.79. The van der Waals surface area contributed by atoms with Crippen LogP contribution in [0.2, 0.25) is 5.02 Å². The SMILES string of the molecule is Cc1ccccc1NC(=O)COc1cccc(/C=C(\C#N)C(=O)Nc2ccccc2Cl)c1. The van der Waals surface area contributed by atoms with Gasteiger partial charge in [-0.25, -0.2) is 0 Å². The van der Waals surface area contributed by atoms with Crippen LogP contribution in [0.25, 0.3) is 6.08 Å². The Bertz CT molecular complexity index is 1210. The maximum absolute atomic E-state index is 12.5. The summed E-state index contributed by atoms with van der Waals surface area (Å²) in [6.07, 6.45) is 1.44. The molecule has 0 saturated heterocycles. The van der Waals surface area contributed by atoms with Gasteiger partial charge in [-0.1, -0.05) is 54.1 Å². The molecule has 0 aliphatic heterocycles. The normalized spacial score (nSPS) is 10.7. The first-order valence-corrected chi connectivity index (χ1v) is 10.1. The standard InChI is InChI=1S/C25H20ClN3O3/c1-17-7-2-4-11-22(17)28-24(30)16-32-20-9-6-8-18(14-20)13-19(15-27)25(31)29-23-12-5-3-10-21(23)26/h2-14H,16H2,1H3,(H,28,30)(H,29,31)/b19-13+. The number of benzene rings is 3. The van der Waals surface area contributed by atoms with E-state index in [1.165, 1.54) is 6.08 Å². The van der Waals surface area contributed by atoms with E-state index in [1.807, 2.05) is 37.3 Å². The lowest BCUT2D eigenvalue weighted by atomic mass is 10.1. The van der Waals surface area contributed by atoms with Crippen molar-refractivity contribution in [1.82, 2.24) is 0 Å². The van der Waals surface area contributed by atoms with Crippen LogP contribution < -0.4 is 15.4 Å². The molecule has 0 bridgehead atoms. The molecule has 0 spiro atoms. The predicted octanol–water partition coefficient (Wildman–Crippen LogP) is 5.21. The van der Waals surface area contributed by atoms with Gasteiger partial charge in [0.15, 0.2) is 6.61 Å². The lowest BCUT2D eigenvalue weighted by Crippen LogP contribution is -2.20. The van der Waals surface area contributed by atoms with Crippen LogP contribution in [-0.4, -0.2) is 18.4 Å². The second-order valence-electron chi connectivity index (χ2n) is 6.83. The minimum atomic E-state index is -0.579. The van der Waals surface area contributed by atoms with Crippen molar-refractivity contribution in [1.29, 1.82) is 5.26 Å². The van der Waals surface area contributed by atoms with Gasteiger partial charge in [-0.15, -0.1) is 0 Å². The van der Waals surface area contributed by atoms with E-state index in [4.69, 9.17) is 16.3 Å². The zero-order valence-electron chi connectivity index (χ0n) is 17.3. The maximum atomic E-state index is 12.5. The molecule has 0 atom stereocenters. The van der Waals surface area contributed by atoms with Gasteiger partial charge in [0.25, 0.3) is 11.8 Å². The van der Waals surface area contributed by atoms with Gasteiger partial charge in [0.05, 0.1) is 10.7 Å². The van der Waals surface area contributed by atoms with Gasteiger partial charge in [0, 0.05) is 5.69 Å². The summed E-state index contributed by atoms with van der Waals surface area (Å²) in [5, 5.41) is 15.2. The number of nitrogens with one attached hydrogen (secondary N) is 2. The topological polar surface area (TPSA) is 91.2 Å². The van der Waals surface area contributed by atoms with E-state index in [2.05, 4.69) is 10.6 Å². The quantitative estimate of drug-likeness (QED) is 0.385. The summed E-state index contributed by atoms with van der Waals surface area (Å²) in [7, 11) is 0. The van der Waals surface area contributed by atoms with E-state index in [-0.39, 0.29) is 18.1 Å². The van der Waals surface area contributed by atoms with Crippen LogP contribution in [0.4, 0.5) is 11.4 Å². The molecule has 160 valence electrons. The molecule has 0 fully saturated rings. The number of amides is 2. The number of nitrogens with zero attached hydrogens (tertiary/aromatic N) is 1. The van der Waals surface area contributed by atoms with Crippen molar-refractivity contribution in [2.45, 2.75) is 6.92 Å². The number of hydrogen-bond donors (Lipinski definition) is 2. The van der Waals surface area contributed by atoms with Crippen molar-refractivity contribution in [3.8, 4) is 11.8 Å². The van der Waals surface area contributed by atoms with Gasteiger partial charge in [-0.2, -0.15) is 5.26 Å². The Morgan fingerprint density at radius 1 is 1.00 bits per heavy atom. The van der Waals surface area contributed by atoms with Crippen molar-refractivity contribution >= 4 is 40.9 Å². The van der Waals surface area contributed by atoms with Gasteiger partial charge >= 0.3 is 0 Å². The number of rotatable bonds is 7. The molecule has 3 aromatic rings. The van der Waals surface area contributed by atoms with Gasteiger partial charge in [0.2, 0.25) is 0 Å². The molecule has 2 N–H and O–H groups in total. The molecule has 0 aliphatic rings. The number of anilines is 2. The first kappa shape index (κ1) is 22.6. The Morgan fingerprint density at radius 2 is 1.72 bits per heavy atom. The maximum Gasteiger partial charge on any atom is 0.266 e. The molecular weight excluding hydrogens is 426 g/mol. The van der Waals surface area contributed by atoms with E-state index in [9.17, 15) is 14.9 Å². The van der Waals surface area contributed by atoms with Crippen molar-refractivity contribution < 1.29 is 14.3 Å². The smallest absolute Gasteiger partial charge is 0.266 e. The Kier molecular flexibility index (Phi) is 7.63. The molecule has 32 heavy (non-hydrogen) atoms. The molecule has 0 unspecified atom stereocenters. The molecule has 0 aliphatic carbocycles. The van der Waals surface area contributed by atoms with Crippen LogP contribution in [0, 0.1) is 18.3 Å². The van der Waals surface area contributed by atoms with E-state index >= 15 is 0 Å². The number of para-hydroxylation sites is 2. The third-order valence-corrected chi connectivity index (χ3v) is 4.77. The zero-order valence-corrected chi connectivity index (χ0v) is 18.0. The van der Waals surface area contributed by atoms with Crippen LogP contribution in [0.3, 0.4) is 0 Å². The summed E-state index contributed by atoms with van der Waals surface area (Å²) >= 11 is 6.05. The first-order valence-electron chi connectivity index (χ1n) is 9.72. The predicted molar refractivity (Wildman–Crippen MR) is 125 cm³/mol. The lowest BCUT2D eigenvalue weighted by molar-refractivity contribution is -0.118. The molecule has 7 heteroatoms. The highest BCUT2D eigenvalue weighted by Gasteiger charge is 2.12. The number of ether oxygens (including phenoxy) is 1. The van der Waals surface area contributed by atoms with Crippen LogP contribution in [0.1, 0.15) is 11.1 Å². The van der Waals surface area contributed by atoms with Crippen molar-refractivity contribution in [2.75, 3.05) is 17.2 Å². The third kappa shape index (κ3) is 6.21. The van der Waals surface area contributed by atoms with Gasteiger partial charge < -0.3 is 15.4 Å². The fourth-order valence-corrected chi connectivity index (χ4v) is 2.99. The average molecular weight is 446 g/mol. The number of nitriles is 1. The molecule has 0 aromatic heterocycles. The fraction of sp³-hybridized carbons (Fsp3) is 0.0800. The Balaban J connectivity index is 1.65. The summed E-state index contributed by atoms with van der Waals surface area (Å²) in [5.74, 6) is -0.441. The number of carbonyl (C=O) groups is 2. The van der Waals surface area contributed by atoms with E-state index in [0.717, 1.165) is 11.3 Å². The van der Waals surface area contributed by atoms with E-state index in [1.54, 1.807) is 48.5 Å². The van der Waals surface area contributed by atoms with Crippen LogP contribution in [0.5, 0.6) is 5.75 Å². The summed E-state index contributed by atoms with van der Waals surface area (Å²) < 4.78 is 5.57. The Morgan fingerprint density at radius 3 is 2.44 bits per heavy atom. The largest absolute Gasteiger partial charge is 0.484 e. The van der Waals surface area contributed by atoms with Crippen LogP contribution in [-0.2, 0) is 9.59 Å². The summed E-state index contributed by atoms with van der Waals surface area (Å²) in [6.45, 7) is 1.72. The zero-order chi connectivity index (χ0) is 22.9. The van der Waals surface area contributed by atoms with Gasteiger partial charge in [-0.05, 0) is 54.5 Å². The minimum Gasteiger partial charge on any atom is -0.484 e. The van der Waals surface area contributed by atoms with Crippen molar-refractivity contribution in [2.24, 2.45) is 0 Å². The molecule has 3 rings (SSSR count). The first-order chi connectivity index (χ1) is 15.5. The summed E-state index contributed by atoms with van der Waals surface area (Å²) in [4.78, 5) is 24.6. The lowest BCUT2D eigenvalue weighted by Gasteiger charge is -2.10. The molecule has 0 saturated carbocycles. The number of halogens is 1. The number of carbonyl (C=O) groups excluding carboxylic acids is 2. The Hall–Kier alpha value is -4.08. The second-order valence-corrected chi connectivity index (χ2v) is 7.24. The monoisotopic (exact) mass is 445 g/mol. The molecular formula is C25H20ClN3O3. The number of hydrogen-bond acceptors (Lipinski definition) is 4. The number of aryl methyl sites for hydroxylation is 1. The van der Waals surface area contributed by atoms with Crippen LogP contribution in [0.15, 0.2) is 78.4 Å². The van der Waals surface area contributed by atoms with Gasteiger partial charge in [-0.3, -0.25) is 9.59 Å². The van der Waals surface area contributed by atoms with E-state index in [0.29, 0.717) is 22.0 Å². The molecule has 2 amide bonds. The van der Waals surface area contributed by atoms with Gasteiger partial charge in [0.1, 0.15) is 17.4 Å². The molecule has 0 heterocycles. The summed E-state index contributed by atoms with van der Waals surface area (Å²) in [6, 6.07) is 22.9. The van der Waals surface area contributed by atoms with Crippen LogP contribution >= 0.6 is 11.6 Å². The van der Waals surface area contributed by atoms with Crippen molar-refractivity contribution in [3.63, 3.8) is 0 Å². The molecule has 6 nitrogen and oxygen atoms in total. The Labute approximate surface area is 191 Å². The highest BCUT2D eigenvalue weighted by atomic mass is 35.5. The summed E-state index contributed by atoms with van der Waals surface area (Å²) in [5.41, 5.74) is 2.57.